The van der Waals surface area contributed by atoms with Crippen LogP contribution in [0.25, 0.3) is 0 Å². The zero-order valence-corrected chi connectivity index (χ0v) is 15.9. The van der Waals surface area contributed by atoms with Crippen LogP contribution < -0.4 is 10.6 Å². The SMILES string of the molecule is Cc1ccc(NC(=O)Nc2nc3c(s2)CN(S(C)(=O)=O)CC3)cc1C. The summed E-state index contributed by atoms with van der Waals surface area (Å²) >= 11 is 1.31. The zero-order valence-electron chi connectivity index (χ0n) is 14.3. The second-order valence-electron chi connectivity index (χ2n) is 6.11. The van der Waals surface area contributed by atoms with E-state index in [0.29, 0.717) is 30.3 Å². The van der Waals surface area contributed by atoms with Crippen LogP contribution in [0.1, 0.15) is 21.7 Å². The van der Waals surface area contributed by atoms with E-state index in [9.17, 15) is 13.2 Å². The molecule has 3 rings (SSSR count). The maximum absolute atomic E-state index is 12.2. The minimum absolute atomic E-state index is 0.312. The van der Waals surface area contributed by atoms with Crippen LogP contribution in [0.5, 0.6) is 0 Å². The van der Waals surface area contributed by atoms with Gasteiger partial charge in [-0.05, 0) is 37.1 Å². The lowest BCUT2D eigenvalue weighted by atomic mass is 10.1. The highest BCUT2D eigenvalue weighted by Gasteiger charge is 2.26. The fourth-order valence-electron chi connectivity index (χ4n) is 2.59. The molecule has 2 aromatic rings. The molecular formula is C16H20N4O3S2. The number of aryl methyl sites for hydroxylation is 2. The summed E-state index contributed by atoms with van der Waals surface area (Å²) in [6.07, 6.45) is 1.76. The van der Waals surface area contributed by atoms with Crippen molar-refractivity contribution in [2.45, 2.75) is 26.8 Å². The van der Waals surface area contributed by atoms with E-state index < -0.39 is 10.0 Å². The summed E-state index contributed by atoms with van der Waals surface area (Å²) in [5, 5.41) is 5.98. The van der Waals surface area contributed by atoms with E-state index in [1.165, 1.54) is 21.9 Å². The quantitative estimate of drug-likeness (QED) is 0.856. The number of sulfonamides is 1. The summed E-state index contributed by atoms with van der Waals surface area (Å²) in [5.41, 5.74) is 3.83. The van der Waals surface area contributed by atoms with Crippen LogP contribution in [0.2, 0.25) is 0 Å². The molecule has 0 saturated heterocycles. The topological polar surface area (TPSA) is 91.4 Å². The summed E-state index contributed by atoms with van der Waals surface area (Å²) < 4.78 is 24.8. The van der Waals surface area contributed by atoms with Gasteiger partial charge in [-0.1, -0.05) is 17.4 Å². The van der Waals surface area contributed by atoms with Crippen molar-refractivity contribution in [1.82, 2.24) is 9.29 Å². The fraction of sp³-hybridized carbons (Fsp3) is 0.375. The average Bonchev–Trinajstić information content (AvgIpc) is 2.91. The molecule has 134 valence electrons. The molecule has 0 spiro atoms. The van der Waals surface area contributed by atoms with Crippen LogP contribution in [-0.4, -0.2) is 36.5 Å². The Morgan fingerprint density at radius 2 is 2.00 bits per heavy atom. The van der Waals surface area contributed by atoms with Gasteiger partial charge in [-0.15, -0.1) is 0 Å². The van der Waals surface area contributed by atoms with Crippen LogP contribution in [0.4, 0.5) is 15.6 Å². The molecule has 0 fully saturated rings. The first-order chi connectivity index (χ1) is 11.7. The van der Waals surface area contributed by atoms with Gasteiger partial charge in [0.2, 0.25) is 10.0 Å². The van der Waals surface area contributed by atoms with Crippen LogP contribution >= 0.6 is 11.3 Å². The van der Waals surface area contributed by atoms with E-state index in [0.717, 1.165) is 21.7 Å². The number of carbonyl (C=O) groups is 1. The second kappa shape index (κ2) is 6.74. The molecule has 0 bridgehead atoms. The van der Waals surface area contributed by atoms with Crippen molar-refractivity contribution >= 4 is 38.2 Å². The third kappa shape index (κ3) is 4.17. The summed E-state index contributed by atoms with van der Waals surface area (Å²) in [4.78, 5) is 17.4. The first-order valence-corrected chi connectivity index (χ1v) is 10.5. The highest BCUT2D eigenvalue weighted by molar-refractivity contribution is 7.88. The number of urea groups is 1. The molecule has 1 aromatic heterocycles. The Hall–Kier alpha value is -1.97. The van der Waals surface area contributed by atoms with E-state index in [2.05, 4.69) is 15.6 Å². The highest BCUT2D eigenvalue weighted by Crippen LogP contribution is 2.29. The van der Waals surface area contributed by atoms with E-state index in [-0.39, 0.29) is 6.03 Å². The Morgan fingerprint density at radius 1 is 1.24 bits per heavy atom. The molecule has 9 heteroatoms. The van der Waals surface area contributed by atoms with Gasteiger partial charge < -0.3 is 5.32 Å². The van der Waals surface area contributed by atoms with Crippen molar-refractivity contribution in [2.75, 3.05) is 23.4 Å². The van der Waals surface area contributed by atoms with Gasteiger partial charge in [0, 0.05) is 30.1 Å². The van der Waals surface area contributed by atoms with Gasteiger partial charge in [-0.25, -0.2) is 18.2 Å². The van der Waals surface area contributed by atoms with Crippen molar-refractivity contribution in [3.8, 4) is 0 Å². The van der Waals surface area contributed by atoms with Gasteiger partial charge in [-0.3, -0.25) is 5.32 Å². The van der Waals surface area contributed by atoms with Crippen molar-refractivity contribution in [3.63, 3.8) is 0 Å². The molecule has 1 aromatic carbocycles. The lowest BCUT2D eigenvalue weighted by molar-refractivity contribution is 0.262. The Balaban J connectivity index is 1.67. The summed E-state index contributed by atoms with van der Waals surface area (Å²) in [5.74, 6) is 0. The molecule has 0 unspecified atom stereocenters. The van der Waals surface area contributed by atoms with Gasteiger partial charge in [0.1, 0.15) is 0 Å². The molecule has 0 saturated carbocycles. The fourth-order valence-corrected chi connectivity index (χ4v) is 4.47. The summed E-state index contributed by atoms with van der Waals surface area (Å²) in [7, 11) is -3.22. The first-order valence-electron chi connectivity index (χ1n) is 7.81. The van der Waals surface area contributed by atoms with Crippen molar-refractivity contribution in [3.05, 3.63) is 39.9 Å². The van der Waals surface area contributed by atoms with Gasteiger partial charge >= 0.3 is 6.03 Å². The highest BCUT2D eigenvalue weighted by atomic mass is 32.2. The van der Waals surface area contributed by atoms with Crippen LogP contribution in [0, 0.1) is 13.8 Å². The molecule has 25 heavy (non-hydrogen) atoms. The molecule has 7 nitrogen and oxygen atoms in total. The number of amides is 2. The van der Waals surface area contributed by atoms with Crippen LogP contribution in [-0.2, 0) is 23.0 Å². The lowest BCUT2D eigenvalue weighted by Crippen LogP contribution is -2.34. The Bertz CT molecular complexity index is 921. The summed E-state index contributed by atoms with van der Waals surface area (Å²) in [6, 6.07) is 5.34. The third-order valence-electron chi connectivity index (χ3n) is 4.15. The van der Waals surface area contributed by atoms with Crippen molar-refractivity contribution in [1.29, 1.82) is 0 Å². The number of anilines is 2. The number of hydrogen-bond acceptors (Lipinski definition) is 5. The molecule has 2 heterocycles. The number of aromatic nitrogens is 1. The average molecular weight is 380 g/mol. The maximum Gasteiger partial charge on any atom is 0.325 e. The van der Waals surface area contributed by atoms with Gasteiger partial charge in [0.05, 0.1) is 11.9 Å². The van der Waals surface area contributed by atoms with Crippen LogP contribution in [0.3, 0.4) is 0 Å². The first kappa shape index (κ1) is 17.8. The van der Waals surface area contributed by atoms with Gasteiger partial charge in [-0.2, -0.15) is 4.31 Å². The molecule has 2 N–H and O–H groups in total. The second-order valence-corrected chi connectivity index (χ2v) is 9.18. The Labute approximate surface area is 151 Å². The predicted octanol–water partition coefficient (Wildman–Crippen LogP) is 2.72. The van der Waals surface area contributed by atoms with E-state index >= 15 is 0 Å². The third-order valence-corrected chi connectivity index (χ3v) is 6.40. The van der Waals surface area contributed by atoms with Crippen LogP contribution in [0.15, 0.2) is 18.2 Å². The van der Waals surface area contributed by atoms with E-state index in [1.54, 1.807) is 0 Å². The lowest BCUT2D eigenvalue weighted by Gasteiger charge is -2.23. The largest absolute Gasteiger partial charge is 0.325 e. The number of fused-ring (bicyclic) bond motifs is 1. The zero-order chi connectivity index (χ0) is 18.2. The Kier molecular flexibility index (Phi) is 4.81. The number of benzene rings is 1. The smallest absolute Gasteiger partial charge is 0.308 e. The standard InChI is InChI=1S/C16H20N4O3S2/c1-10-4-5-12(8-11(10)2)17-15(21)19-16-18-13-6-7-20(25(3,22)23)9-14(13)24-16/h4-5,8H,6-7,9H2,1-3H3,(H2,17,18,19,21). The number of hydrogen-bond donors (Lipinski definition) is 2. The van der Waals surface area contributed by atoms with Crippen molar-refractivity contribution in [2.24, 2.45) is 0 Å². The molecule has 0 aliphatic carbocycles. The molecule has 0 atom stereocenters. The number of nitrogens with one attached hydrogen (secondary N) is 2. The number of thiazole rings is 1. The number of rotatable bonds is 3. The van der Waals surface area contributed by atoms with Gasteiger partial charge in [0.15, 0.2) is 5.13 Å². The predicted molar refractivity (Wildman–Crippen MR) is 99.6 cm³/mol. The van der Waals surface area contributed by atoms with Gasteiger partial charge in [0.25, 0.3) is 0 Å². The minimum atomic E-state index is -3.22. The number of nitrogens with zero attached hydrogens (tertiary/aromatic N) is 2. The van der Waals surface area contributed by atoms with E-state index in [4.69, 9.17) is 0 Å². The molecular weight excluding hydrogens is 360 g/mol. The molecule has 1 aliphatic rings. The molecule has 0 radical (unpaired) electrons. The maximum atomic E-state index is 12.2. The monoisotopic (exact) mass is 380 g/mol. The van der Waals surface area contributed by atoms with E-state index in [1.807, 2.05) is 32.0 Å². The molecule has 2 amide bonds. The Morgan fingerprint density at radius 3 is 2.68 bits per heavy atom. The normalized spacial score (nSPS) is 14.8. The number of carbonyl (C=O) groups excluding carboxylic acids is 1. The molecule has 1 aliphatic heterocycles. The summed E-state index contributed by atoms with van der Waals surface area (Å²) in [6.45, 7) is 4.73. The minimum Gasteiger partial charge on any atom is -0.308 e. The van der Waals surface area contributed by atoms with Crippen molar-refractivity contribution < 1.29 is 13.2 Å².